The quantitative estimate of drug-likeness (QED) is 0.110. The van der Waals surface area contributed by atoms with Gasteiger partial charge in [-0.2, -0.15) is 0 Å². The van der Waals surface area contributed by atoms with Gasteiger partial charge in [-0.25, -0.2) is 0 Å². The van der Waals surface area contributed by atoms with Crippen molar-refractivity contribution in [1.29, 1.82) is 0 Å². The van der Waals surface area contributed by atoms with Gasteiger partial charge < -0.3 is 47.6 Å². The molecule has 15 nitrogen and oxygen atoms in total. The van der Waals surface area contributed by atoms with E-state index in [2.05, 4.69) is 26.6 Å². The first kappa shape index (κ1) is 31.7. The third-order valence-corrected chi connectivity index (χ3v) is 4.78. The van der Waals surface area contributed by atoms with Crippen LogP contribution in [0.4, 0.5) is 0 Å². The van der Waals surface area contributed by atoms with Gasteiger partial charge in [0.15, 0.2) is 0 Å². The van der Waals surface area contributed by atoms with Crippen LogP contribution >= 0.6 is 0 Å². The molecule has 0 aromatic carbocycles. The molecule has 0 aliphatic heterocycles. The highest BCUT2D eigenvalue weighted by Crippen LogP contribution is 2.05. The molecule has 6 amide bonds. The SMILES string of the molecule is CC(=O)N[C@H](C(=O)N[C@H](C(=O)N[C@@H](C)C(=O)N[C@@H](CO)C(=O)N[C@@H](CO)C(N)=O)C(C)C)[C@@H](C)O. The van der Waals surface area contributed by atoms with Crippen molar-refractivity contribution in [3.63, 3.8) is 0 Å². The number of hydrogen-bond donors (Lipinski definition) is 9. The molecule has 0 unspecified atom stereocenters. The van der Waals surface area contributed by atoms with Gasteiger partial charge in [-0.3, -0.25) is 28.8 Å². The predicted octanol–water partition coefficient (Wildman–Crippen LogP) is -5.04. The molecule has 0 radical (unpaired) electrons. The van der Waals surface area contributed by atoms with Gasteiger partial charge in [0.25, 0.3) is 0 Å². The van der Waals surface area contributed by atoms with Crippen LogP contribution in [-0.2, 0) is 28.8 Å². The number of nitrogens with two attached hydrogens (primary N) is 1. The molecule has 0 aliphatic carbocycles. The highest BCUT2D eigenvalue weighted by molar-refractivity contribution is 5.96. The Labute approximate surface area is 202 Å². The Kier molecular flexibility index (Phi) is 13.5. The molecule has 200 valence electrons. The lowest BCUT2D eigenvalue weighted by molar-refractivity contribution is -0.136. The fraction of sp³-hybridized carbons (Fsp3) is 0.700. The lowest BCUT2D eigenvalue weighted by Crippen LogP contribution is -2.60. The minimum absolute atomic E-state index is 0.457. The number of aliphatic hydroxyl groups excluding tert-OH is 3. The summed E-state index contributed by atoms with van der Waals surface area (Å²) in [6.07, 6.45) is -1.25. The van der Waals surface area contributed by atoms with Crippen molar-refractivity contribution in [1.82, 2.24) is 26.6 Å². The fourth-order valence-electron chi connectivity index (χ4n) is 2.74. The average Bonchev–Trinajstić information content (AvgIpc) is 2.75. The molecular formula is C20H36N6O9. The van der Waals surface area contributed by atoms with Gasteiger partial charge >= 0.3 is 0 Å². The molecule has 0 aliphatic rings. The Morgan fingerprint density at radius 1 is 0.686 bits per heavy atom. The van der Waals surface area contributed by atoms with Gasteiger partial charge in [0, 0.05) is 6.92 Å². The molecule has 0 saturated carbocycles. The third kappa shape index (κ3) is 10.7. The maximum absolute atomic E-state index is 12.7. The first-order valence-electron chi connectivity index (χ1n) is 10.8. The van der Waals surface area contributed by atoms with Crippen LogP contribution in [0, 0.1) is 5.92 Å². The number of aliphatic hydroxyl groups is 3. The minimum Gasteiger partial charge on any atom is -0.394 e. The average molecular weight is 505 g/mol. The number of rotatable bonds is 14. The molecular weight excluding hydrogens is 468 g/mol. The third-order valence-electron chi connectivity index (χ3n) is 4.78. The Morgan fingerprint density at radius 3 is 1.57 bits per heavy atom. The van der Waals surface area contributed by atoms with E-state index in [-0.39, 0.29) is 0 Å². The molecule has 0 rings (SSSR count). The number of hydrogen-bond acceptors (Lipinski definition) is 9. The van der Waals surface area contributed by atoms with E-state index in [0.29, 0.717) is 0 Å². The molecule has 0 aromatic heterocycles. The molecule has 35 heavy (non-hydrogen) atoms. The Morgan fingerprint density at radius 2 is 1.17 bits per heavy atom. The van der Waals surface area contributed by atoms with Gasteiger partial charge in [-0.1, -0.05) is 13.8 Å². The van der Waals surface area contributed by atoms with E-state index in [1.54, 1.807) is 13.8 Å². The Hall–Kier alpha value is -3.30. The van der Waals surface area contributed by atoms with Crippen LogP contribution in [-0.4, -0.2) is 100 Å². The van der Waals surface area contributed by atoms with Crippen LogP contribution in [0.25, 0.3) is 0 Å². The monoisotopic (exact) mass is 504 g/mol. The summed E-state index contributed by atoms with van der Waals surface area (Å²) in [5.74, 6) is -5.49. The van der Waals surface area contributed by atoms with Gasteiger partial charge in [0.2, 0.25) is 35.4 Å². The van der Waals surface area contributed by atoms with Crippen molar-refractivity contribution < 1.29 is 44.1 Å². The van der Waals surface area contributed by atoms with Crippen LogP contribution in [0.5, 0.6) is 0 Å². The number of nitrogens with one attached hydrogen (secondary N) is 5. The highest BCUT2D eigenvalue weighted by Gasteiger charge is 2.32. The van der Waals surface area contributed by atoms with Crippen molar-refractivity contribution in [2.45, 2.75) is 70.9 Å². The Balaban J connectivity index is 5.24. The molecule has 0 aromatic rings. The van der Waals surface area contributed by atoms with Crippen molar-refractivity contribution in [3.05, 3.63) is 0 Å². The van der Waals surface area contributed by atoms with Crippen LogP contribution < -0.4 is 32.3 Å². The number of carbonyl (C=O) groups excluding carboxylic acids is 6. The number of amides is 6. The zero-order valence-corrected chi connectivity index (χ0v) is 20.3. The first-order valence-corrected chi connectivity index (χ1v) is 10.8. The zero-order chi connectivity index (χ0) is 27.5. The maximum atomic E-state index is 12.7. The maximum Gasteiger partial charge on any atom is 0.245 e. The zero-order valence-electron chi connectivity index (χ0n) is 20.3. The summed E-state index contributed by atoms with van der Waals surface area (Å²) in [5.41, 5.74) is 5.01. The van der Waals surface area contributed by atoms with Crippen molar-refractivity contribution >= 4 is 35.4 Å². The summed E-state index contributed by atoms with van der Waals surface area (Å²) in [6.45, 7) is 5.32. The molecule has 6 atom stereocenters. The topological polar surface area (TPSA) is 249 Å². The van der Waals surface area contributed by atoms with Gasteiger partial charge in [0.1, 0.15) is 30.2 Å². The van der Waals surface area contributed by atoms with E-state index >= 15 is 0 Å². The van der Waals surface area contributed by atoms with E-state index < -0.39 is 90.9 Å². The molecule has 10 N–H and O–H groups in total. The first-order chi connectivity index (χ1) is 16.2. The molecule has 0 heterocycles. The van der Waals surface area contributed by atoms with Crippen LogP contribution in [0.1, 0.15) is 34.6 Å². The highest BCUT2D eigenvalue weighted by atomic mass is 16.3. The van der Waals surface area contributed by atoms with Crippen LogP contribution in [0.2, 0.25) is 0 Å². The van der Waals surface area contributed by atoms with Crippen LogP contribution in [0.3, 0.4) is 0 Å². The largest absolute Gasteiger partial charge is 0.394 e. The van der Waals surface area contributed by atoms with Crippen LogP contribution in [0.15, 0.2) is 0 Å². The number of primary amides is 1. The fourth-order valence-corrected chi connectivity index (χ4v) is 2.74. The lowest BCUT2D eigenvalue weighted by Gasteiger charge is -2.27. The van der Waals surface area contributed by atoms with E-state index in [4.69, 9.17) is 10.8 Å². The molecule has 0 bridgehead atoms. The summed E-state index contributed by atoms with van der Waals surface area (Å²) in [5, 5.41) is 39.6. The minimum atomic E-state index is -1.51. The summed E-state index contributed by atoms with van der Waals surface area (Å²) in [7, 11) is 0. The molecule has 15 heteroatoms. The second-order valence-corrected chi connectivity index (χ2v) is 8.27. The predicted molar refractivity (Wildman–Crippen MR) is 121 cm³/mol. The molecule has 0 fully saturated rings. The number of carbonyl (C=O) groups is 6. The van der Waals surface area contributed by atoms with Gasteiger partial charge in [0.05, 0.1) is 19.3 Å². The van der Waals surface area contributed by atoms with E-state index in [1.165, 1.54) is 13.8 Å². The molecule has 0 saturated heterocycles. The van der Waals surface area contributed by atoms with E-state index in [1.807, 2.05) is 0 Å². The van der Waals surface area contributed by atoms with Gasteiger partial charge in [-0.15, -0.1) is 0 Å². The van der Waals surface area contributed by atoms with Gasteiger partial charge in [-0.05, 0) is 19.8 Å². The summed E-state index contributed by atoms with van der Waals surface area (Å²) in [4.78, 5) is 72.3. The van der Waals surface area contributed by atoms with Crippen molar-refractivity contribution in [3.8, 4) is 0 Å². The van der Waals surface area contributed by atoms with Crippen molar-refractivity contribution in [2.75, 3.05) is 13.2 Å². The second kappa shape index (κ2) is 14.9. The smallest absolute Gasteiger partial charge is 0.245 e. The Bertz CT molecular complexity index is 789. The van der Waals surface area contributed by atoms with E-state index in [0.717, 1.165) is 6.92 Å². The summed E-state index contributed by atoms with van der Waals surface area (Å²) < 4.78 is 0. The summed E-state index contributed by atoms with van der Waals surface area (Å²) >= 11 is 0. The van der Waals surface area contributed by atoms with E-state index in [9.17, 15) is 39.0 Å². The summed E-state index contributed by atoms with van der Waals surface area (Å²) in [6, 6.07) is -6.63. The lowest BCUT2D eigenvalue weighted by atomic mass is 10.0. The molecule has 0 spiro atoms. The standard InChI is InChI=1S/C20H36N6O9/c1-8(2)14(26-20(35)15(10(4)29)23-11(5)30)19(34)22-9(3)17(32)25-13(7-28)18(33)24-12(6-27)16(21)31/h8-10,12-15,27-29H,6-7H2,1-5H3,(H2,21,31)(H,22,34)(H,23,30)(H,24,33)(H,25,32)(H,26,35)/t9-,10+,12-,13-,14-,15-/m0/s1. The normalized spacial score (nSPS) is 16.0. The second-order valence-electron chi connectivity index (χ2n) is 8.27. The van der Waals surface area contributed by atoms with Crippen molar-refractivity contribution in [2.24, 2.45) is 11.7 Å².